The van der Waals surface area contributed by atoms with Gasteiger partial charge >= 0.3 is 0 Å². The predicted molar refractivity (Wildman–Crippen MR) is 115 cm³/mol. The number of thiazole rings is 1. The second-order valence-electron chi connectivity index (χ2n) is 6.61. The Labute approximate surface area is 176 Å². The number of fused-ring (bicyclic) bond motifs is 1. The van der Waals surface area contributed by atoms with Crippen LogP contribution >= 0.6 is 11.3 Å². The summed E-state index contributed by atoms with van der Waals surface area (Å²) in [7, 11) is 0. The standard InChI is InChI=1S/C22H17N5O2S/c28-20(19-14-24-21(30-19)18-9-5-13-29-18)26-22-25-16-7-1-2-8-17(16)27(22)12-10-15-6-3-4-11-23-15/h1-9,11,13-14H,10,12H2,(H,25,26,28). The largest absolute Gasteiger partial charge is 0.462 e. The van der Waals surface area contributed by atoms with E-state index >= 15 is 0 Å². The fourth-order valence-electron chi connectivity index (χ4n) is 3.23. The number of furan rings is 1. The van der Waals surface area contributed by atoms with Gasteiger partial charge in [-0.25, -0.2) is 9.97 Å². The maximum Gasteiger partial charge on any atom is 0.269 e. The van der Waals surface area contributed by atoms with Crippen LogP contribution in [0.25, 0.3) is 21.8 Å². The summed E-state index contributed by atoms with van der Waals surface area (Å²) in [5, 5.41) is 3.60. The van der Waals surface area contributed by atoms with Crippen molar-refractivity contribution >= 4 is 34.2 Å². The lowest BCUT2D eigenvalue weighted by molar-refractivity contribution is 0.102. The van der Waals surface area contributed by atoms with Gasteiger partial charge in [0.25, 0.3) is 5.91 Å². The Morgan fingerprint density at radius 1 is 1.07 bits per heavy atom. The maximum atomic E-state index is 12.9. The van der Waals surface area contributed by atoms with Crippen LogP contribution in [0.2, 0.25) is 0 Å². The number of carbonyl (C=O) groups is 1. The zero-order valence-electron chi connectivity index (χ0n) is 15.9. The Morgan fingerprint density at radius 3 is 2.80 bits per heavy atom. The van der Waals surface area contributed by atoms with Crippen LogP contribution in [0.15, 0.2) is 77.7 Å². The Bertz CT molecular complexity index is 1290. The molecule has 148 valence electrons. The third-order valence-corrected chi connectivity index (χ3v) is 5.67. The minimum Gasteiger partial charge on any atom is -0.462 e. The third-order valence-electron chi connectivity index (χ3n) is 4.66. The van der Waals surface area contributed by atoms with Gasteiger partial charge in [-0.1, -0.05) is 18.2 Å². The molecule has 30 heavy (non-hydrogen) atoms. The lowest BCUT2D eigenvalue weighted by atomic mass is 10.2. The average Bonchev–Trinajstić information content (AvgIpc) is 3.52. The van der Waals surface area contributed by atoms with Crippen molar-refractivity contribution in [2.24, 2.45) is 0 Å². The highest BCUT2D eigenvalue weighted by atomic mass is 32.1. The zero-order chi connectivity index (χ0) is 20.3. The molecule has 0 atom stereocenters. The number of anilines is 1. The third kappa shape index (κ3) is 3.60. The number of imidazole rings is 1. The lowest BCUT2D eigenvalue weighted by Gasteiger charge is -2.09. The number of rotatable bonds is 6. The minimum atomic E-state index is -0.250. The molecule has 5 rings (SSSR count). The van der Waals surface area contributed by atoms with E-state index in [1.165, 1.54) is 11.3 Å². The summed E-state index contributed by atoms with van der Waals surface area (Å²) in [5.74, 6) is 0.895. The van der Waals surface area contributed by atoms with Crippen LogP contribution < -0.4 is 5.32 Å². The van der Waals surface area contributed by atoms with E-state index in [2.05, 4.69) is 20.3 Å². The second kappa shape index (κ2) is 7.92. The van der Waals surface area contributed by atoms with Crippen molar-refractivity contribution in [2.75, 3.05) is 5.32 Å². The second-order valence-corrected chi connectivity index (χ2v) is 7.64. The summed E-state index contributed by atoms with van der Waals surface area (Å²) in [5.41, 5.74) is 2.77. The highest BCUT2D eigenvalue weighted by Gasteiger charge is 2.17. The van der Waals surface area contributed by atoms with E-state index in [1.54, 1.807) is 24.7 Å². The number of carbonyl (C=O) groups excluding carboxylic acids is 1. The topological polar surface area (TPSA) is 85.8 Å². The van der Waals surface area contributed by atoms with Crippen LogP contribution in [0.4, 0.5) is 5.95 Å². The van der Waals surface area contributed by atoms with Crippen LogP contribution in [-0.2, 0) is 13.0 Å². The van der Waals surface area contributed by atoms with Crippen LogP contribution in [-0.4, -0.2) is 25.4 Å². The summed E-state index contributed by atoms with van der Waals surface area (Å²) >= 11 is 1.28. The first-order chi connectivity index (χ1) is 14.8. The Hall–Kier alpha value is -3.78. The summed E-state index contributed by atoms with van der Waals surface area (Å²) in [6.45, 7) is 0.646. The molecule has 5 aromatic rings. The summed E-state index contributed by atoms with van der Waals surface area (Å²) in [4.78, 5) is 26.7. The molecule has 0 bridgehead atoms. The van der Waals surface area contributed by atoms with E-state index in [-0.39, 0.29) is 5.91 Å². The van der Waals surface area contributed by atoms with Gasteiger partial charge in [-0.05, 0) is 36.4 Å². The average molecular weight is 415 g/mol. The van der Waals surface area contributed by atoms with Crippen molar-refractivity contribution in [2.45, 2.75) is 13.0 Å². The molecule has 0 saturated carbocycles. The Kier molecular flexibility index (Phi) is 4.82. The molecule has 0 aliphatic rings. The summed E-state index contributed by atoms with van der Waals surface area (Å²) in [6, 6.07) is 17.3. The van der Waals surface area contributed by atoms with Crippen LogP contribution in [0.1, 0.15) is 15.4 Å². The van der Waals surface area contributed by atoms with Gasteiger partial charge in [0.1, 0.15) is 4.88 Å². The van der Waals surface area contributed by atoms with Crippen LogP contribution in [0.5, 0.6) is 0 Å². The van der Waals surface area contributed by atoms with Crippen molar-refractivity contribution in [1.82, 2.24) is 19.5 Å². The fraction of sp³-hybridized carbons (Fsp3) is 0.0909. The SMILES string of the molecule is O=C(Nc1nc2ccccc2n1CCc1ccccn1)c1cnc(-c2ccco2)s1. The molecule has 7 nitrogen and oxygen atoms in total. The monoisotopic (exact) mass is 415 g/mol. The molecule has 1 aromatic carbocycles. The molecular weight excluding hydrogens is 398 g/mol. The van der Waals surface area contributed by atoms with E-state index in [0.717, 1.165) is 23.1 Å². The number of para-hydroxylation sites is 2. The molecule has 0 unspecified atom stereocenters. The number of benzene rings is 1. The molecule has 4 aromatic heterocycles. The molecule has 8 heteroatoms. The Morgan fingerprint density at radius 2 is 1.97 bits per heavy atom. The van der Waals surface area contributed by atoms with Gasteiger partial charge in [0.05, 0.1) is 23.5 Å². The van der Waals surface area contributed by atoms with Gasteiger partial charge < -0.3 is 8.98 Å². The van der Waals surface area contributed by atoms with E-state index in [0.29, 0.717) is 28.1 Å². The first-order valence-corrected chi connectivity index (χ1v) is 10.3. The minimum absolute atomic E-state index is 0.250. The molecule has 1 amide bonds. The van der Waals surface area contributed by atoms with Gasteiger partial charge in [-0.2, -0.15) is 0 Å². The number of amides is 1. The highest BCUT2D eigenvalue weighted by molar-refractivity contribution is 7.17. The van der Waals surface area contributed by atoms with Gasteiger partial charge in [0.15, 0.2) is 10.8 Å². The number of nitrogens with one attached hydrogen (secondary N) is 1. The van der Waals surface area contributed by atoms with Gasteiger partial charge in [0, 0.05) is 24.9 Å². The Balaban J connectivity index is 1.41. The van der Waals surface area contributed by atoms with Crippen molar-refractivity contribution in [1.29, 1.82) is 0 Å². The molecule has 0 spiro atoms. The highest BCUT2D eigenvalue weighted by Crippen LogP contribution is 2.26. The molecule has 0 fully saturated rings. The molecule has 1 N–H and O–H groups in total. The summed E-state index contributed by atoms with van der Waals surface area (Å²) in [6.07, 6.45) is 5.65. The molecule has 4 heterocycles. The number of hydrogen-bond donors (Lipinski definition) is 1. The number of aryl methyl sites for hydroxylation is 2. The first kappa shape index (κ1) is 18.3. The van der Waals surface area contributed by atoms with E-state index in [4.69, 9.17) is 4.42 Å². The normalized spacial score (nSPS) is 11.1. The number of pyridine rings is 1. The number of hydrogen-bond acceptors (Lipinski definition) is 6. The summed E-state index contributed by atoms with van der Waals surface area (Å²) < 4.78 is 7.37. The smallest absolute Gasteiger partial charge is 0.269 e. The molecule has 0 radical (unpaired) electrons. The molecular formula is C22H17N5O2S. The van der Waals surface area contributed by atoms with E-state index in [9.17, 15) is 4.79 Å². The predicted octanol–water partition coefficient (Wildman–Crippen LogP) is 4.64. The maximum absolute atomic E-state index is 12.9. The number of aromatic nitrogens is 4. The van der Waals surface area contributed by atoms with Crippen molar-refractivity contribution in [3.63, 3.8) is 0 Å². The van der Waals surface area contributed by atoms with Crippen molar-refractivity contribution in [3.05, 3.63) is 83.8 Å². The molecule has 0 saturated heterocycles. The van der Waals surface area contributed by atoms with Gasteiger partial charge in [-0.15, -0.1) is 11.3 Å². The quantitative estimate of drug-likeness (QED) is 0.437. The van der Waals surface area contributed by atoms with E-state index in [1.807, 2.05) is 53.1 Å². The molecule has 0 aliphatic carbocycles. The molecule has 0 aliphatic heterocycles. The van der Waals surface area contributed by atoms with Crippen molar-refractivity contribution in [3.8, 4) is 10.8 Å². The van der Waals surface area contributed by atoms with E-state index < -0.39 is 0 Å². The first-order valence-electron chi connectivity index (χ1n) is 9.44. The van der Waals surface area contributed by atoms with Crippen LogP contribution in [0.3, 0.4) is 0 Å². The zero-order valence-corrected chi connectivity index (χ0v) is 16.7. The van der Waals surface area contributed by atoms with Gasteiger partial charge in [0.2, 0.25) is 5.95 Å². The van der Waals surface area contributed by atoms with Crippen LogP contribution in [0, 0.1) is 0 Å². The lowest BCUT2D eigenvalue weighted by Crippen LogP contribution is -2.15. The van der Waals surface area contributed by atoms with Gasteiger partial charge in [-0.3, -0.25) is 15.1 Å². The number of nitrogens with zero attached hydrogens (tertiary/aromatic N) is 4. The fourth-order valence-corrected chi connectivity index (χ4v) is 4.01. The van der Waals surface area contributed by atoms with Crippen molar-refractivity contribution < 1.29 is 9.21 Å².